The van der Waals surface area contributed by atoms with Crippen molar-refractivity contribution in [1.29, 1.82) is 0 Å². The van der Waals surface area contributed by atoms with E-state index in [9.17, 15) is 19.2 Å². The maximum absolute atomic E-state index is 13.1. The fraction of sp³-hybridized carbons (Fsp3) is 0.809. The van der Waals surface area contributed by atoms with E-state index in [0.29, 0.717) is 64.2 Å². The smallest absolute Gasteiger partial charge is 0.302 e. The van der Waals surface area contributed by atoms with Gasteiger partial charge in [-0.25, -0.2) is 0 Å². The lowest BCUT2D eigenvalue weighted by molar-refractivity contribution is -0.221. The van der Waals surface area contributed by atoms with Crippen LogP contribution in [0.3, 0.4) is 0 Å². The van der Waals surface area contributed by atoms with Crippen LogP contribution in [-0.4, -0.2) is 96.4 Å². The lowest BCUT2D eigenvalue weighted by atomic mass is 9.43. The van der Waals surface area contributed by atoms with Crippen molar-refractivity contribution in [3.8, 4) is 0 Å². The Bertz CT molecular complexity index is 2490. The SMILES string of the molecule is CC(=O)O[C@H]1CC2C(C3CC[C@H](C(C)CCCN(CCCNc4ccnc5cc(Cl)ccc45)CCCC(C)[C@H]4CCC5C6C(C[C@H](OC(C)=O)[C@@]54C)[C@@]4(C)CC[C@@H](N)C[C@H]4C[C@H]6OC(C)=O)[C@]31C)[C@H](OC(C)=O)C[C@@H]1C[C@H](N)CC[C@]21C. The molecule has 0 saturated heterocycles. The Kier molecular flexibility index (Phi) is 18.5. The Hall–Kier alpha value is -3.52. The summed E-state index contributed by atoms with van der Waals surface area (Å²) in [6.07, 6.45) is 20.2. The molecule has 1 aromatic heterocycles. The minimum atomic E-state index is -0.227. The highest BCUT2D eigenvalue weighted by Gasteiger charge is 2.69. The van der Waals surface area contributed by atoms with Gasteiger partial charge in [0.15, 0.2) is 0 Å². The van der Waals surface area contributed by atoms with E-state index in [1.165, 1.54) is 0 Å². The Morgan fingerprint density at radius 1 is 0.622 bits per heavy atom. The number of pyridine rings is 1. The zero-order chi connectivity index (χ0) is 58.6. The van der Waals surface area contributed by atoms with Crippen LogP contribution >= 0.6 is 11.6 Å². The van der Waals surface area contributed by atoms with Gasteiger partial charge in [-0.15, -0.1) is 0 Å². The van der Waals surface area contributed by atoms with Crippen LogP contribution < -0.4 is 16.8 Å². The van der Waals surface area contributed by atoms with E-state index < -0.39 is 0 Å². The van der Waals surface area contributed by atoms with Crippen molar-refractivity contribution in [2.75, 3.05) is 31.5 Å². The largest absolute Gasteiger partial charge is 0.462 e. The number of fused-ring (bicyclic) bond motifs is 11. The minimum absolute atomic E-state index is 0.0688. The molecule has 22 atom stereocenters. The third kappa shape index (κ3) is 11.8. The summed E-state index contributed by atoms with van der Waals surface area (Å²) in [5.41, 5.74) is 14.9. The normalized spacial score (nSPS) is 40.9. The van der Waals surface area contributed by atoms with Crippen LogP contribution in [-0.2, 0) is 38.1 Å². The van der Waals surface area contributed by atoms with Crippen molar-refractivity contribution >= 4 is 52.1 Å². The van der Waals surface area contributed by atoms with Gasteiger partial charge in [-0.1, -0.05) is 53.1 Å². The molecular weight excluding hydrogens is 1050 g/mol. The van der Waals surface area contributed by atoms with Gasteiger partial charge in [0.1, 0.15) is 24.4 Å². The Balaban J connectivity index is 0.838. The molecule has 0 aliphatic heterocycles. The maximum atomic E-state index is 13.1. The molecule has 0 amide bonds. The summed E-state index contributed by atoms with van der Waals surface area (Å²) in [4.78, 5) is 59.3. The average Bonchev–Trinajstić information content (AvgIpc) is 1.45. The third-order valence-electron chi connectivity index (χ3n) is 25.3. The predicted octanol–water partition coefficient (Wildman–Crippen LogP) is 13.0. The van der Waals surface area contributed by atoms with Gasteiger partial charge >= 0.3 is 23.9 Å². The van der Waals surface area contributed by atoms with Gasteiger partial charge in [0.25, 0.3) is 0 Å². The number of rotatable bonds is 19. The predicted molar refractivity (Wildman–Crippen MR) is 323 cm³/mol. The summed E-state index contributed by atoms with van der Waals surface area (Å²) < 4.78 is 25.8. The summed E-state index contributed by atoms with van der Waals surface area (Å²) >= 11 is 6.36. The van der Waals surface area contributed by atoms with E-state index >= 15 is 0 Å². The summed E-state index contributed by atoms with van der Waals surface area (Å²) in [6.45, 7) is 24.9. The van der Waals surface area contributed by atoms with Gasteiger partial charge in [0.05, 0.1) is 5.52 Å². The number of anilines is 1. The van der Waals surface area contributed by atoms with Gasteiger partial charge in [0, 0.05) is 91.3 Å². The first-order valence-electron chi connectivity index (χ1n) is 32.7. The molecule has 8 aliphatic rings. The van der Waals surface area contributed by atoms with Crippen molar-refractivity contribution in [3.63, 3.8) is 0 Å². The summed E-state index contributed by atoms with van der Waals surface area (Å²) in [7, 11) is 0. The van der Waals surface area contributed by atoms with Crippen LogP contribution in [0, 0.1) is 92.7 Å². The van der Waals surface area contributed by atoms with E-state index in [-0.39, 0.29) is 93.9 Å². The molecule has 10 rings (SSSR count). The first-order valence-corrected chi connectivity index (χ1v) is 33.0. The molecular formula is C68H104ClN5O8. The van der Waals surface area contributed by atoms with E-state index in [1.54, 1.807) is 27.7 Å². The second kappa shape index (κ2) is 24.7. The number of nitrogens with one attached hydrogen (secondary N) is 1. The highest BCUT2D eigenvalue weighted by Crippen LogP contribution is 2.71. The molecule has 8 aliphatic carbocycles. The maximum Gasteiger partial charge on any atom is 0.302 e. The molecule has 1 aromatic carbocycles. The number of halogens is 1. The first kappa shape index (κ1) is 61.6. The van der Waals surface area contributed by atoms with Crippen molar-refractivity contribution in [3.05, 3.63) is 35.5 Å². The standard InChI is InChI=1S/C68H104ClN5O8/c1-39(51-18-20-53-63-55(37-61(67(51,53)9)81-43(5)77)65(7)25-22-48(70)32-45(65)34-59(63)79-41(3)75)14-11-29-74(31-13-27-72-57-24-28-73-58-36-47(69)16-17-50(57)58)30-12-15-40(2)52-19-21-54-64-56(38-62(68(52,54)10)82-44(6)78)66(8)26-23-49(71)33-46(66)35-60(64)80-42(4)76/h16-17,24,28,36,39-40,45-46,48-49,51-56,59-64H,11-15,18-23,25-27,29-35,37-38,70-71H2,1-10H3,(H,72,73)/t39?,40?,45-,46-,48+,49+,51+,52+,53?,54?,55?,56?,59+,60+,61-,62-,63?,64?,65-,66-,67+,68+/m0/s1. The molecule has 82 heavy (non-hydrogen) atoms. The molecule has 8 unspecified atom stereocenters. The monoisotopic (exact) mass is 1150 g/mol. The van der Waals surface area contributed by atoms with Crippen LogP contribution in [0.2, 0.25) is 5.02 Å². The van der Waals surface area contributed by atoms with E-state index in [2.05, 4.69) is 62.8 Å². The Labute approximate surface area is 496 Å². The van der Waals surface area contributed by atoms with Gasteiger partial charge in [-0.05, 0) is 236 Å². The number of ether oxygens (including phenoxy) is 4. The lowest BCUT2D eigenvalue weighted by Crippen LogP contribution is -2.63. The van der Waals surface area contributed by atoms with Crippen LogP contribution in [0.4, 0.5) is 5.69 Å². The van der Waals surface area contributed by atoms with Crippen molar-refractivity contribution in [2.24, 2.45) is 104 Å². The summed E-state index contributed by atoms with van der Waals surface area (Å²) in [5, 5.41) is 5.48. The van der Waals surface area contributed by atoms with E-state index in [1.807, 2.05) is 24.4 Å². The number of carbonyl (C=O) groups is 4. The van der Waals surface area contributed by atoms with Crippen molar-refractivity contribution < 1.29 is 38.1 Å². The van der Waals surface area contributed by atoms with E-state index in [4.69, 9.17) is 42.0 Å². The number of nitrogens with two attached hydrogens (primary N) is 2. The second-order valence-electron chi connectivity index (χ2n) is 29.5. The fourth-order valence-corrected chi connectivity index (χ4v) is 21.7. The molecule has 1 heterocycles. The topological polar surface area (TPSA) is 185 Å². The zero-order valence-electron chi connectivity index (χ0n) is 51.7. The van der Waals surface area contributed by atoms with Crippen molar-refractivity contribution in [2.45, 2.75) is 228 Å². The van der Waals surface area contributed by atoms with Crippen LogP contribution in [0.1, 0.15) is 191 Å². The molecule has 0 bridgehead atoms. The fourth-order valence-electron chi connectivity index (χ4n) is 21.5. The highest BCUT2D eigenvalue weighted by molar-refractivity contribution is 6.31. The molecule has 2 aromatic rings. The molecule has 13 nitrogen and oxygen atoms in total. The molecule has 0 spiro atoms. The van der Waals surface area contributed by atoms with Crippen LogP contribution in [0.5, 0.6) is 0 Å². The van der Waals surface area contributed by atoms with Gasteiger partial charge in [0.2, 0.25) is 0 Å². The molecule has 14 heteroatoms. The second-order valence-corrected chi connectivity index (χ2v) is 29.9. The number of benzene rings is 1. The average molecular weight is 1160 g/mol. The minimum Gasteiger partial charge on any atom is -0.462 e. The van der Waals surface area contributed by atoms with Crippen LogP contribution in [0.25, 0.3) is 10.9 Å². The molecule has 5 N–H and O–H groups in total. The number of nitrogens with zero attached hydrogens (tertiary/aromatic N) is 2. The first-order chi connectivity index (χ1) is 38.9. The zero-order valence-corrected chi connectivity index (χ0v) is 52.5. The summed E-state index contributed by atoms with van der Waals surface area (Å²) in [6, 6.07) is 8.29. The molecule has 456 valence electrons. The number of esters is 4. The number of hydrogen-bond donors (Lipinski definition) is 3. The molecule has 8 saturated carbocycles. The number of carbonyl (C=O) groups excluding carboxylic acids is 4. The quantitative estimate of drug-likeness (QED) is 0.0686. The number of aromatic nitrogens is 1. The highest BCUT2D eigenvalue weighted by atomic mass is 35.5. The Morgan fingerprint density at radius 2 is 1.09 bits per heavy atom. The van der Waals surface area contributed by atoms with Gasteiger partial charge in [-0.3, -0.25) is 24.2 Å². The number of hydrogen-bond acceptors (Lipinski definition) is 13. The Morgan fingerprint density at radius 3 is 1.55 bits per heavy atom. The summed E-state index contributed by atoms with van der Waals surface area (Å²) in [5.74, 6) is 3.22. The molecule has 0 radical (unpaired) electrons. The van der Waals surface area contributed by atoms with E-state index in [0.717, 1.165) is 165 Å². The van der Waals surface area contributed by atoms with Gasteiger partial charge in [-0.2, -0.15) is 0 Å². The van der Waals surface area contributed by atoms with Crippen LogP contribution in [0.15, 0.2) is 30.5 Å². The van der Waals surface area contributed by atoms with Crippen molar-refractivity contribution in [1.82, 2.24) is 9.88 Å². The van der Waals surface area contributed by atoms with Gasteiger partial charge < -0.3 is 40.6 Å². The lowest BCUT2D eigenvalue weighted by Gasteiger charge is -2.64. The molecule has 8 fully saturated rings. The third-order valence-corrected chi connectivity index (χ3v) is 25.5.